The molecule has 0 saturated carbocycles. The number of para-hydroxylation sites is 1. The number of alkyl halides is 3. The molecule has 2 aromatic carbocycles. The van der Waals surface area contributed by atoms with Crippen LogP contribution in [-0.4, -0.2) is 18.0 Å². The predicted octanol–water partition coefficient (Wildman–Crippen LogP) is 5.59. The summed E-state index contributed by atoms with van der Waals surface area (Å²) in [6.07, 6.45) is -3.73. The van der Waals surface area contributed by atoms with E-state index in [9.17, 15) is 21.6 Å². The molecule has 0 bridgehead atoms. The fourth-order valence-electron chi connectivity index (χ4n) is 2.96. The smallest absolute Gasteiger partial charge is 0.297 e. The fourth-order valence-corrected chi connectivity index (χ4v) is 4.74. The predicted molar refractivity (Wildman–Crippen MR) is 114 cm³/mol. The van der Waals surface area contributed by atoms with Crippen molar-refractivity contribution in [2.24, 2.45) is 5.14 Å². The minimum Gasteiger partial charge on any atom is -0.297 e. The number of hydrogen-bond acceptors (Lipinski definition) is 4. The second-order valence-electron chi connectivity index (χ2n) is 6.51. The minimum absolute atomic E-state index is 0.0584. The van der Waals surface area contributed by atoms with E-state index >= 15 is 0 Å². The first-order valence-electron chi connectivity index (χ1n) is 8.69. The van der Waals surface area contributed by atoms with Gasteiger partial charge in [-0.15, -0.1) is 11.3 Å². The highest BCUT2D eigenvalue weighted by atomic mass is 35.5. The average Bonchev–Trinajstić information content (AvgIpc) is 3.35. The summed E-state index contributed by atoms with van der Waals surface area (Å²) >= 11 is 7.38. The summed E-state index contributed by atoms with van der Waals surface area (Å²) in [6.45, 7) is 0. The van der Waals surface area contributed by atoms with Crippen LogP contribution < -0.4 is 5.14 Å². The summed E-state index contributed by atoms with van der Waals surface area (Å²) < 4.78 is 64.6. The van der Waals surface area contributed by atoms with Gasteiger partial charge in [0.25, 0.3) is 0 Å². The molecule has 0 saturated heterocycles. The second kappa shape index (κ2) is 7.79. The number of benzene rings is 2. The van der Waals surface area contributed by atoms with Crippen LogP contribution in [0, 0.1) is 0 Å². The van der Waals surface area contributed by atoms with Crippen molar-refractivity contribution < 1.29 is 21.6 Å². The van der Waals surface area contributed by atoms with Crippen molar-refractivity contribution in [2.75, 3.05) is 0 Å². The normalized spacial score (nSPS) is 12.3. The molecule has 31 heavy (non-hydrogen) atoms. The summed E-state index contributed by atoms with van der Waals surface area (Å²) in [5, 5.41) is 5.46. The van der Waals surface area contributed by atoms with Gasteiger partial charge < -0.3 is 0 Å². The third-order valence-corrected chi connectivity index (χ3v) is 6.74. The molecule has 0 atom stereocenters. The van der Waals surface area contributed by atoms with Gasteiger partial charge in [-0.1, -0.05) is 35.9 Å². The molecule has 2 heterocycles. The van der Waals surface area contributed by atoms with Crippen molar-refractivity contribution in [3.63, 3.8) is 0 Å². The number of imidazole rings is 1. The molecule has 0 aliphatic heterocycles. The first-order chi connectivity index (χ1) is 14.5. The van der Waals surface area contributed by atoms with Crippen LogP contribution in [0.4, 0.5) is 13.2 Å². The molecule has 11 heteroatoms. The maximum atomic E-state index is 13.4. The standard InChI is InChI=1S/C20H13ClF3N3O2S2/c21-14-6-1-2-7-15(14)27-11-18(20(22,23)24)26-19(27)17-9-8-16(30-17)12-4-3-5-13(10-12)31(25,28)29/h1-11H,(H2,25,28,29). The fraction of sp³-hybridized carbons (Fsp3) is 0.0500. The molecule has 160 valence electrons. The van der Waals surface area contributed by atoms with Crippen LogP contribution in [0.1, 0.15) is 5.69 Å². The Hall–Kier alpha value is -2.66. The van der Waals surface area contributed by atoms with Crippen LogP contribution in [0.25, 0.3) is 26.8 Å². The summed E-state index contributed by atoms with van der Waals surface area (Å²) in [5.74, 6) is 0.0688. The molecule has 0 amide bonds. The van der Waals surface area contributed by atoms with Crippen molar-refractivity contribution in [1.29, 1.82) is 0 Å². The molecule has 4 aromatic rings. The highest BCUT2D eigenvalue weighted by Crippen LogP contribution is 2.39. The number of aromatic nitrogens is 2. The summed E-state index contributed by atoms with van der Waals surface area (Å²) in [4.78, 5) is 4.84. The third-order valence-electron chi connectivity index (χ3n) is 4.38. The molecule has 0 aliphatic carbocycles. The molecule has 0 unspecified atom stereocenters. The van der Waals surface area contributed by atoms with E-state index in [-0.39, 0.29) is 15.7 Å². The van der Waals surface area contributed by atoms with E-state index in [1.54, 1.807) is 48.5 Å². The molecule has 5 nitrogen and oxygen atoms in total. The van der Waals surface area contributed by atoms with Gasteiger partial charge in [-0.05, 0) is 42.0 Å². The highest BCUT2D eigenvalue weighted by Gasteiger charge is 2.35. The molecular formula is C20H13ClF3N3O2S2. The number of halogens is 4. The lowest BCUT2D eigenvalue weighted by atomic mass is 10.2. The molecule has 4 rings (SSSR count). The van der Waals surface area contributed by atoms with E-state index in [4.69, 9.17) is 16.7 Å². The lowest BCUT2D eigenvalue weighted by Crippen LogP contribution is -2.11. The Kier molecular flexibility index (Phi) is 5.42. The monoisotopic (exact) mass is 483 g/mol. The number of thiophene rings is 1. The maximum Gasteiger partial charge on any atom is 0.434 e. The molecular weight excluding hydrogens is 471 g/mol. The van der Waals surface area contributed by atoms with Gasteiger partial charge in [-0.25, -0.2) is 18.5 Å². The van der Waals surface area contributed by atoms with E-state index in [0.717, 1.165) is 6.20 Å². The van der Waals surface area contributed by atoms with Crippen LogP contribution in [0.3, 0.4) is 0 Å². The van der Waals surface area contributed by atoms with E-state index in [0.29, 0.717) is 21.0 Å². The van der Waals surface area contributed by atoms with Crippen molar-refractivity contribution in [3.8, 4) is 26.8 Å². The Balaban J connectivity index is 1.84. The van der Waals surface area contributed by atoms with Crippen LogP contribution in [0.15, 0.2) is 71.8 Å². The number of rotatable bonds is 4. The zero-order valence-electron chi connectivity index (χ0n) is 15.5. The SMILES string of the molecule is NS(=O)(=O)c1cccc(-c2ccc(-c3nc(C(F)(F)F)cn3-c3ccccc3Cl)s2)c1. The van der Waals surface area contributed by atoms with Crippen molar-refractivity contribution in [1.82, 2.24) is 9.55 Å². The van der Waals surface area contributed by atoms with Gasteiger partial charge in [0.2, 0.25) is 10.0 Å². The third kappa shape index (κ3) is 4.38. The number of primary sulfonamides is 1. The lowest BCUT2D eigenvalue weighted by molar-refractivity contribution is -0.140. The van der Waals surface area contributed by atoms with Crippen LogP contribution in [-0.2, 0) is 16.2 Å². The Morgan fingerprint density at radius 1 is 1.00 bits per heavy atom. The first kappa shape index (κ1) is 21.6. The quantitative estimate of drug-likeness (QED) is 0.411. The van der Waals surface area contributed by atoms with Gasteiger partial charge in [-0.3, -0.25) is 4.57 Å². The van der Waals surface area contributed by atoms with Crippen LogP contribution in [0.2, 0.25) is 5.02 Å². The zero-order chi connectivity index (χ0) is 22.4. The maximum absolute atomic E-state index is 13.4. The largest absolute Gasteiger partial charge is 0.434 e. The van der Waals surface area contributed by atoms with E-state index in [2.05, 4.69) is 4.98 Å². The van der Waals surface area contributed by atoms with Crippen LogP contribution >= 0.6 is 22.9 Å². The van der Waals surface area contributed by atoms with Gasteiger partial charge in [0.05, 0.1) is 20.5 Å². The Morgan fingerprint density at radius 2 is 1.71 bits per heavy atom. The molecule has 2 aromatic heterocycles. The summed E-state index contributed by atoms with van der Waals surface area (Å²) in [6, 6.07) is 15.8. The minimum atomic E-state index is -4.63. The van der Waals surface area contributed by atoms with Crippen molar-refractivity contribution in [2.45, 2.75) is 11.1 Å². The van der Waals surface area contributed by atoms with E-state index < -0.39 is 21.9 Å². The van der Waals surface area contributed by atoms with Crippen molar-refractivity contribution in [3.05, 3.63) is 77.6 Å². The Morgan fingerprint density at radius 3 is 2.39 bits per heavy atom. The van der Waals surface area contributed by atoms with Gasteiger partial charge in [-0.2, -0.15) is 13.2 Å². The topological polar surface area (TPSA) is 78.0 Å². The van der Waals surface area contributed by atoms with Gasteiger partial charge in [0.15, 0.2) is 11.5 Å². The molecule has 0 spiro atoms. The average molecular weight is 484 g/mol. The number of hydrogen-bond donors (Lipinski definition) is 1. The van der Waals surface area contributed by atoms with E-state index in [1.165, 1.54) is 28.0 Å². The number of nitrogens with two attached hydrogens (primary N) is 1. The second-order valence-corrected chi connectivity index (χ2v) is 9.56. The number of sulfonamides is 1. The van der Waals surface area contributed by atoms with E-state index in [1.807, 2.05) is 0 Å². The lowest BCUT2D eigenvalue weighted by Gasteiger charge is -2.08. The zero-order valence-corrected chi connectivity index (χ0v) is 17.9. The van der Waals surface area contributed by atoms with Crippen molar-refractivity contribution >= 4 is 33.0 Å². The van der Waals surface area contributed by atoms with Gasteiger partial charge in [0.1, 0.15) is 0 Å². The Bertz CT molecular complexity index is 1380. The molecule has 0 radical (unpaired) electrons. The number of nitrogens with zero attached hydrogens (tertiary/aromatic N) is 2. The van der Waals surface area contributed by atoms with Gasteiger partial charge >= 0.3 is 6.18 Å². The molecule has 2 N–H and O–H groups in total. The van der Waals surface area contributed by atoms with Gasteiger partial charge in [0, 0.05) is 11.1 Å². The summed E-state index contributed by atoms with van der Waals surface area (Å²) in [7, 11) is -3.89. The Labute approximate surface area is 184 Å². The van der Waals surface area contributed by atoms with Crippen LogP contribution in [0.5, 0.6) is 0 Å². The highest BCUT2D eigenvalue weighted by molar-refractivity contribution is 7.89. The molecule has 0 aliphatic rings. The first-order valence-corrected chi connectivity index (χ1v) is 11.4. The summed E-state index contributed by atoms with van der Waals surface area (Å²) in [5.41, 5.74) is -0.128. The molecule has 0 fully saturated rings.